The van der Waals surface area contributed by atoms with Gasteiger partial charge in [0.15, 0.2) is 0 Å². The van der Waals surface area contributed by atoms with Gasteiger partial charge in [0.2, 0.25) is 0 Å². The van der Waals surface area contributed by atoms with Crippen LogP contribution >= 0.6 is 0 Å². The molecule has 2 aromatic rings. The van der Waals surface area contributed by atoms with Gasteiger partial charge >= 0.3 is 6.09 Å². The maximum atomic E-state index is 12.9. The molecule has 3 rings (SSSR count). The maximum absolute atomic E-state index is 12.9. The van der Waals surface area contributed by atoms with E-state index in [2.05, 4.69) is 10.9 Å². The van der Waals surface area contributed by atoms with E-state index in [1.165, 1.54) is 11.0 Å². The predicted molar refractivity (Wildman–Crippen MR) is 115 cm³/mol. The zero-order valence-corrected chi connectivity index (χ0v) is 16.8. The molecule has 0 aliphatic carbocycles. The van der Waals surface area contributed by atoms with Crippen molar-refractivity contribution >= 4 is 23.4 Å². The van der Waals surface area contributed by atoms with Crippen molar-refractivity contribution in [1.82, 2.24) is 10.3 Å². The number of carbonyl (C=O) groups is 2. The summed E-state index contributed by atoms with van der Waals surface area (Å²) in [4.78, 5) is 27.7. The maximum Gasteiger partial charge on any atom is 0.409 e. The van der Waals surface area contributed by atoms with Crippen molar-refractivity contribution in [3.05, 3.63) is 72.3 Å². The van der Waals surface area contributed by atoms with Crippen molar-refractivity contribution in [1.29, 1.82) is 0 Å². The summed E-state index contributed by atoms with van der Waals surface area (Å²) in [5, 5.41) is 8.91. The lowest BCUT2D eigenvalue weighted by atomic mass is 10.1. The van der Waals surface area contributed by atoms with Crippen molar-refractivity contribution in [2.24, 2.45) is 0 Å². The van der Waals surface area contributed by atoms with E-state index >= 15 is 0 Å². The van der Waals surface area contributed by atoms with E-state index in [9.17, 15) is 9.59 Å². The predicted octanol–water partition coefficient (Wildman–Crippen LogP) is 2.31. The average molecular weight is 410 g/mol. The number of anilines is 2. The van der Waals surface area contributed by atoms with Crippen molar-refractivity contribution < 1.29 is 19.4 Å². The van der Waals surface area contributed by atoms with Crippen molar-refractivity contribution in [3.8, 4) is 0 Å². The van der Waals surface area contributed by atoms with E-state index in [4.69, 9.17) is 9.84 Å². The first kappa shape index (κ1) is 21.4. The van der Waals surface area contributed by atoms with Gasteiger partial charge in [0.25, 0.3) is 5.91 Å². The molecular formula is C22H26N4O4. The van der Waals surface area contributed by atoms with Gasteiger partial charge in [0, 0.05) is 25.4 Å². The fraction of sp³-hybridized carbons (Fsp3) is 0.273. The number of amides is 2. The van der Waals surface area contributed by atoms with E-state index in [0.29, 0.717) is 5.69 Å². The molecule has 3 N–H and O–H groups in total. The molecule has 2 amide bonds. The number of rotatable bonds is 8. The van der Waals surface area contributed by atoms with Gasteiger partial charge in [-0.3, -0.25) is 4.79 Å². The van der Waals surface area contributed by atoms with Crippen LogP contribution in [0.4, 0.5) is 16.2 Å². The Bertz CT molecular complexity index is 888. The Morgan fingerprint density at radius 3 is 2.60 bits per heavy atom. The Hall–Kier alpha value is -3.36. The quantitative estimate of drug-likeness (QED) is 0.578. The van der Waals surface area contributed by atoms with Crippen LogP contribution in [0.1, 0.15) is 11.6 Å². The third-order valence-corrected chi connectivity index (χ3v) is 4.71. The first-order valence-corrected chi connectivity index (χ1v) is 9.74. The van der Waals surface area contributed by atoms with E-state index in [-0.39, 0.29) is 38.3 Å². The van der Waals surface area contributed by atoms with Crippen LogP contribution in [0, 0.1) is 0 Å². The normalized spacial score (nSPS) is 14.8. The zero-order valence-electron chi connectivity index (χ0n) is 16.8. The number of nitrogens with one attached hydrogen (secondary N) is 2. The molecule has 0 aromatic heterocycles. The molecule has 30 heavy (non-hydrogen) atoms. The number of aliphatic hydroxyl groups excluding tert-OH is 1. The van der Waals surface area contributed by atoms with Crippen molar-refractivity contribution in [3.63, 3.8) is 0 Å². The van der Waals surface area contributed by atoms with Gasteiger partial charge in [-0.2, -0.15) is 0 Å². The third-order valence-electron chi connectivity index (χ3n) is 4.71. The van der Waals surface area contributed by atoms with E-state index < -0.39 is 6.09 Å². The molecule has 158 valence electrons. The summed E-state index contributed by atoms with van der Waals surface area (Å²) in [6, 6.07) is 17.0. The average Bonchev–Trinajstić information content (AvgIpc) is 3.19. The van der Waals surface area contributed by atoms with Crippen LogP contribution in [-0.4, -0.2) is 55.4 Å². The molecule has 0 fully saturated rings. The molecule has 8 nitrogen and oxygen atoms in total. The van der Waals surface area contributed by atoms with Gasteiger partial charge in [0.05, 0.1) is 24.9 Å². The molecular weight excluding hydrogens is 384 g/mol. The Morgan fingerprint density at radius 2 is 1.83 bits per heavy atom. The Labute approximate surface area is 175 Å². The zero-order chi connectivity index (χ0) is 21.3. The van der Waals surface area contributed by atoms with Gasteiger partial charge < -0.3 is 25.1 Å². The van der Waals surface area contributed by atoms with Crippen LogP contribution in [-0.2, 0) is 9.53 Å². The van der Waals surface area contributed by atoms with Crippen LogP contribution < -0.4 is 15.8 Å². The number of hydrogen-bond donors (Lipinski definition) is 3. The van der Waals surface area contributed by atoms with Crippen LogP contribution in [0.5, 0.6) is 0 Å². The van der Waals surface area contributed by atoms with E-state index in [0.717, 1.165) is 11.3 Å². The number of aliphatic hydroxyl groups is 1. The number of fused-ring (bicyclic) bond motifs is 1. The van der Waals surface area contributed by atoms with Gasteiger partial charge in [0.1, 0.15) is 6.61 Å². The summed E-state index contributed by atoms with van der Waals surface area (Å²) in [5.41, 5.74) is 8.99. The molecule has 1 aliphatic rings. The molecule has 0 saturated heterocycles. The second-order valence-electron chi connectivity index (χ2n) is 6.78. The fourth-order valence-electron chi connectivity index (χ4n) is 3.09. The van der Waals surface area contributed by atoms with Crippen LogP contribution in [0.3, 0.4) is 0 Å². The summed E-state index contributed by atoms with van der Waals surface area (Å²) in [5.74, 6) is -0.216. The number of carbonyl (C=O) groups excluding carboxylic acids is 2. The molecule has 8 heteroatoms. The molecule has 0 saturated carbocycles. The van der Waals surface area contributed by atoms with E-state index in [1.807, 2.05) is 54.6 Å². The van der Waals surface area contributed by atoms with Gasteiger partial charge in [-0.05, 0) is 23.8 Å². The van der Waals surface area contributed by atoms with E-state index in [1.54, 1.807) is 18.0 Å². The Kier molecular flexibility index (Phi) is 7.42. The highest BCUT2D eigenvalue weighted by atomic mass is 16.6. The Morgan fingerprint density at radius 1 is 1.10 bits per heavy atom. The minimum atomic E-state index is -0.544. The van der Waals surface area contributed by atoms with Crippen LogP contribution in [0.2, 0.25) is 0 Å². The number of hydrogen-bond acceptors (Lipinski definition) is 6. The largest absolute Gasteiger partial charge is 0.448 e. The lowest BCUT2D eigenvalue weighted by Gasteiger charge is -2.22. The van der Waals surface area contributed by atoms with Gasteiger partial charge in [-0.1, -0.05) is 42.5 Å². The highest BCUT2D eigenvalue weighted by molar-refractivity contribution is 6.01. The monoisotopic (exact) mass is 410 g/mol. The minimum Gasteiger partial charge on any atom is -0.448 e. The molecule has 1 unspecified atom stereocenters. The smallest absolute Gasteiger partial charge is 0.409 e. The third kappa shape index (κ3) is 5.37. The SMILES string of the molecule is CN(CCO)C(=O)OCCN(C(=O)/C=C/C1NNc2ccccc21)c1ccccc1. The summed E-state index contributed by atoms with van der Waals surface area (Å²) >= 11 is 0. The number of nitrogens with zero attached hydrogens (tertiary/aromatic N) is 2. The number of para-hydroxylation sites is 2. The molecule has 0 spiro atoms. The van der Waals surface area contributed by atoms with Gasteiger partial charge in [-0.25, -0.2) is 10.2 Å². The van der Waals surface area contributed by atoms with Crippen LogP contribution in [0.25, 0.3) is 0 Å². The summed E-state index contributed by atoms with van der Waals surface area (Å²) in [6.07, 6.45) is 2.78. The summed E-state index contributed by atoms with van der Waals surface area (Å²) in [6.45, 7) is 0.291. The highest BCUT2D eigenvalue weighted by Gasteiger charge is 2.20. The minimum absolute atomic E-state index is 0.0368. The molecule has 1 atom stereocenters. The molecule has 0 bridgehead atoms. The Balaban J connectivity index is 1.65. The lowest BCUT2D eigenvalue weighted by Crippen LogP contribution is -2.36. The molecule has 2 aromatic carbocycles. The highest BCUT2D eigenvalue weighted by Crippen LogP contribution is 2.28. The summed E-state index contributed by atoms with van der Waals surface area (Å²) < 4.78 is 5.22. The topological polar surface area (TPSA) is 94.1 Å². The number of hydrazine groups is 1. The molecule has 1 aliphatic heterocycles. The first-order chi connectivity index (χ1) is 14.6. The van der Waals surface area contributed by atoms with Gasteiger partial charge in [-0.15, -0.1) is 0 Å². The molecule has 0 radical (unpaired) electrons. The lowest BCUT2D eigenvalue weighted by molar-refractivity contribution is -0.114. The van der Waals surface area contributed by atoms with Crippen molar-refractivity contribution in [2.45, 2.75) is 6.04 Å². The second-order valence-corrected chi connectivity index (χ2v) is 6.78. The number of benzene rings is 2. The molecule has 1 heterocycles. The first-order valence-electron chi connectivity index (χ1n) is 9.74. The van der Waals surface area contributed by atoms with Crippen LogP contribution in [0.15, 0.2) is 66.7 Å². The number of ether oxygens (including phenoxy) is 1. The summed E-state index contributed by atoms with van der Waals surface area (Å²) in [7, 11) is 1.54. The number of likely N-dealkylation sites (N-methyl/N-ethyl adjacent to an activating group) is 1. The van der Waals surface area contributed by atoms with Crippen molar-refractivity contribution in [2.75, 3.05) is 43.7 Å². The second kappa shape index (κ2) is 10.4. The standard InChI is InChI=1S/C22H26N4O4/c1-25(13-15-27)22(29)30-16-14-26(17-7-3-2-4-8-17)21(28)12-11-20-18-9-5-6-10-19(18)23-24-20/h2-12,20,23-24,27H,13-16H2,1H3/b12-11+. The fourth-order valence-corrected chi connectivity index (χ4v) is 3.09.